The molecule has 94 valence electrons. The van der Waals surface area contributed by atoms with Crippen molar-refractivity contribution in [1.82, 2.24) is 10.2 Å². The zero-order chi connectivity index (χ0) is 12.3. The zero-order valence-electron chi connectivity index (χ0n) is 10.00. The van der Waals surface area contributed by atoms with Crippen LogP contribution in [0, 0.1) is 0 Å². The lowest BCUT2D eigenvalue weighted by Gasteiger charge is -2.23. The summed E-state index contributed by atoms with van der Waals surface area (Å²) in [5.74, 6) is 0. The van der Waals surface area contributed by atoms with Gasteiger partial charge < -0.3 is 5.32 Å². The highest BCUT2D eigenvalue weighted by atomic mass is 19.3. The highest BCUT2D eigenvalue weighted by Gasteiger charge is 2.19. The SMILES string of the molecule is CN(Cc1ccc(C(F)F)cc1)C1CCNC1. The smallest absolute Gasteiger partial charge is 0.263 e. The van der Waals surface area contributed by atoms with Gasteiger partial charge in [-0.05, 0) is 25.6 Å². The molecule has 1 aromatic rings. The van der Waals surface area contributed by atoms with Crippen LogP contribution in [0.1, 0.15) is 24.0 Å². The Hall–Kier alpha value is -1.00. The fourth-order valence-corrected chi connectivity index (χ4v) is 2.20. The van der Waals surface area contributed by atoms with Gasteiger partial charge in [-0.1, -0.05) is 24.3 Å². The summed E-state index contributed by atoms with van der Waals surface area (Å²) in [7, 11) is 2.08. The normalized spacial score (nSPS) is 20.4. The van der Waals surface area contributed by atoms with Crippen molar-refractivity contribution in [1.29, 1.82) is 0 Å². The Morgan fingerprint density at radius 1 is 1.35 bits per heavy atom. The third-order valence-electron chi connectivity index (χ3n) is 3.32. The van der Waals surface area contributed by atoms with Crippen molar-refractivity contribution < 1.29 is 8.78 Å². The quantitative estimate of drug-likeness (QED) is 0.869. The lowest BCUT2D eigenvalue weighted by atomic mass is 10.1. The van der Waals surface area contributed by atoms with Crippen LogP contribution in [-0.2, 0) is 6.54 Å². The van der Waals surface area contributed by atoms with Crippen molar-refractivity contribution in [2.45, 2.75) is 25.4 Å². The summed E-state index contributed by atoms with van der Waals surface area (Å²) in [5, 5.41) is 3.32. The first-order valence-corrected chi connectivity index (χ1v) is 5.95. The number of likely N-dealkylation sites (N-methyl/N-ethyl adjacent to an activating group) is 1. The monoisotopic (exact) mass is 240 g/mol. The molecule has 17 heavy (non-hydrogen) atoms. The molecule has 4 heteroatoms. The van der Waals surface area contributed by atoms with E-state index in [1.165, 1.54) is 12.1 Å². The van der Waals surface area contributed by atoms with E-state index in [1.54, 1.807) is 12.1 Å². The third-order valence-corrected chi connectivity index (χ3v) is 3.32. The average molecular weight is 240 g/mol. The molecule has 0 spiro atoms. The maximum atomic E-state index is 12.4. The van der Waals surface area contributed by atoms with E-state index in [0.29, 0.717) is 6.04 Å². The van der Waals surface area contributed by atoms with E-state index >= 15 is 0 Å². The van der Waals surface area contributed by atoms with E-state index in [9.17, 15) is 8.78 Å². The van der Waals surface area contributed by atoms with Crippen LogP contribution < -0.4 is 5.32 Å². The fourth-order valence-electron chi connectivity index (χ4n) is 2.20. The van der Waals surface area contributed by atoms with Crippen molar-refractivity contribution in [2.75, 3.05) is 20.1 Å². The van der Waals surface area contributed by atoms with Gasteiger partial charge in [-0.2, -0.15) is 0 Å². The Bertz CT molecular complexity index is 345. The van der Waals surface area contributed by atoms with Gasteiger partial charge in [0.2, 0.25) is 0 Å². The Morgan fingerprint density at radius 3 is 2.59 bits per heavy atom. The average Bonchev–Trinajstić information content (AvgIpc) is 2.83. The van der Waals surface area contributed by atoms with Gasteiger partial charge in [-0.15, -0.1) is 0 Å². The van der Waals surface area contributed by atoms with Gasteiger partial charge in [0.25, 0.3) is 6.43 Å². The van der Waals surface area contributed by atoms with Crippen molar-refractivity contribution in [2.24, 2.45) is 0 Å². The van der Waals surface area contributed by atoms with E-state index < -0.39 is 6.43 Å². The van der Waals surface area contributed by atoms with Gasteiger partial charge in [0.15, 0.2) is 0 Å². The maximum absolute atomic E-state index is 12.4. The Morgan fingerprint density at radius 2 is 2.06 bits per heavy atom. The Kier molecular flexibility index (Phi) is 4.07. The number of nitrogens with one attached hydrogen (secondary N) is 1. The second-order valence-corrected chi connectivity index (χ2v) is 4.60. The lowest BCUT2D eigenvalue weighted by molar-refractivity contribution is 0.151. The molecule has 1 aliphatic rings. The summed E-state index contributed by atoms with van der Waals surface area (Å²) < 4.78 is 24.8. The van der Waals surface area contributed by atoms with Gasteiger partial charge in [-0.25, -0.2) is 8.78 Å². The van der Waals surface area contributed by atoms with E-state index in [1.807, 2.05) is 0 Å². The van der Waals surface area contributed by atoms with Crippen LogP contribution in [-0.4, -0.2) is 31.1 Å². The van der Waals surface area contributed by atoms with Crippen LogP contribution in [0.25, 0.3) is 0 Å². The molecule has 0 radical (unpaired) electrons. The molecule has 1 N–H and O–H groups in total. The van der Waals surface area contributed by atoms with Gasteiger partial charge >= 0.3 is 0 Å². The summed E-state index contributed by atoms with van der Waals surface area (Å²) in [4.78, 5) is 2.28. The first-order chi connectivity index (χ1) is 8.16. The summed E-state index contributed by atoms with van der Waals surface area (Å²) in [6, 6.07) is 7.17. The highest BCUT2D eigenvalue weighted by molar-refractivity contribution is 5.23. The molecule has 1 fully saturated rings. The second kappa shape index (κ2) is 5.56. The maximum Gasteiger partial charge on any atom is 0.263 e. The largest absolute Gasteiger partial charge is 0.315 e. The van der Waals surface area contributed by atoms with E-state index in [4.69, 9.17) is 0 Å². The summed E-state index contributed by atoms with van der Waals surface area (Å²) in [5.41, 5.74) is 1.18. The Labute approximate surface area is 101 Å². The lowest BCUT2D eigenvalue weighted by Crippen LogP contribution is -2.32. The molecule has 1 unspecified atom stereocenters. The number of halogens is 2. The molecule has 1 aromatic carbocycles. The second-order valence-electron chi connectivity index (χ2n) is 4.60. The topological polar surface area (TPSA) is 15.3 Å². The van der Waals surface area contributed by atoms with Crippen LogP contribution in [0.4, 0.5) is 8.78 Å². The predicted molar refractivity (Wildman–Crippen MR) is 64.1 cm³/mol. The summed E-state index contributed by atoms with van der Waals surface area (Å²) >= 11 is 0. The predicted octanol–water partition coefficient (Wildman–Crippen LogP) is 2.42. The van der Waals surface area contributed by atoms with Crippen molar-refractivity contribution in [3.05, 3.63) is 35.4 Å². The number of benzene rings is 1. The molecule has 0 bridgehead atoms. The molecule has 1 heterocycles. The van der Waals surface area contributed by atoms with Crippen molar-refractivity contribution >= 4 is 0 Å². The fraction of sp³-hybridized carbons (Fsp3) is 0.538. The first kappa shape index (κ1) is 12.5. The third kappa shape index (κ3) is 3.23. The van der Waals surface area contributed by atoms with Gasteiger partial charge in [0.05, 0.1) is 0 Å². The molecular weight excluding hydrogens is 222 g/mol. The minimum absolute atomic E-state index is 0.0962. The van der Waals surface area contributed by atoms with Gasteiger partial charge in [0, 0.05) is 24.7 Å². The minimum atomic E-state index is -2.37. The van der Waals surface area contributed by atoms with Crippen LogP contribution >= 0.6 is 0 Å². The van der Waals surface area contributed by atoms with Crippen LogP contribution in [0.3, 0.4) is 0 Å². The van der Waals surface area contributed by atoms with E-state index in [0.717, 1.165) is 31.6 Å². The molecule has 0 amide bonds. The highest BCUT2D eigenvalue weighted by Crippen LogP contribution is 2.19. The number of hydrogen-bond donors (Lipinski definition) is 1. The molecular formula is C13H18F2N2. The molecule has 0 aliphatic carbocycles. The first-order valence-electron chi connectivity index (χ1n) is 5.95. The number of rotatable bonds is 4. The van der Waals surface area contributed by atoms with Crippen LogP contribution in [0.15, 0.2) is 24.3 Å². The number of alkyl halides is 2. The standard InChI is InChI=1S/C13H18F2N2/c1-17(12-6-7-16-8-12)9-10-2-4-11(5-3-10)13(14)15/h2-5,12-13,16H,6-9H2,1H3. The van der Waals surface area contributed by atoms with Crippen molar-refractivity contribution in [3.8, 4) is 0 Å². The van der Waals surface area contributed by atoms with Crippen molar-refractivity contribution in [3.63, 3.8) is 0 Å². The summed E-state index contributed by atoms with van der Waals surface area (Å²) in [6.07, 6.45) is -1.22. The molecule has 2 nitrogen and oxygen atoms in total. The minimum Gasteiger partial charge on any atom is -0.315 e. The molecule has 0 saturated carbocycles. The van der Waals surface area contributed by atoms with Gasteiger partial charge in [-0.3, -0.25) is 4.90 Å². The molecule has 0 aromatic heterocycles. The van der Waals surface area contributed by atoms with Crippen LogP contribution in [0.5, 0.6) is 0 Å². The van der Waals surface area contributed by atoms with E-state index in [2.05, 4.69) is 17.3 Å². The molecule has 1 atom stereocenters. The van der Waals surface area contributed by atoms with E-state index in [-0.39, 0.29) is 5.56 Å². The summed E-state index contributed by atoms with van der Waals surface area (Å²) in [6.45, 7) is 2.90. The number of hydrogen-bond acceptors (Lipinski definition) is 2. The molecule has 2 rings (SSSR count). The van der Waals surface area contributed by atoms with Gasteiger partial charge in [0.1, 0.15) is 0 Å². The van der Waals surface area contributed by atoms with Crippen LogP contribution in [0.2, 0.25) is 0 Å². The molecule has 1 aliphatic heterocycles. The zero-order valence-corrected chi connectivity index (χ0v) is 10.00. The molecule has 1 saturated heterocycles. The Balaban J connectivity index is 1.93. The number of nitrogens with zero attached hydrogens (tertiary/aromatic N) is 1.